The van der Waals surface area contributed by atoms with Gasteiger partial charge in [-0.3, -0.25) is 9.59 Å². The van der Waals surface area contributed by atoms with E-state index >= 15 is 0 Å². The van der Waals surface area contributed by atoms with Gasteiger partial charge in [-0.15, -0.1) is 0 Å². The molecule has 3 atom stereocenters. The van der Waals surface area contributed by atoms with E-state index in [1.807, 2.05) is 6.08 Å². The third kappa shape index (κ3) is 1.74. The summed E-state index contributed by atoms with van der Waals surface area (Å²) in [6.45, 7) is 6.07. The lowest BCUT2D eigenvalue weighted by Gasteiger charge is -2.46. The first-order valence-corrected chi connectivity index (χ1v) is 6.18. The highest BCUT2D eigenvalue weighted by molar-refractivity contribution is 5.92. The van der Waals surface area contributed by atoms with E-state index in [9.17, 15) is 9.59 Å². The molecule has 0 amide bonds. The van der Waals surface area contributed by atoms with Gasteiger partial charge in [-0.25, -0.2) is 0 Å². The van der Waals surface area contributed by atoms with Gasteiger partial charge in [-0.2, -0.15) is 0 Å². The molecule has 2 rings (SSSR count). The largest absolute Gasteiger partial charge is 0.300 e. The van der Waals surface area contributed by atoms with Crippen molar-refractivity contribution in [2.45, 2.75) is 46.5 Å². The van der Waals surface area contributed by atoms with Gasteiger partial charge >= 0.3 is 0 Å². The lowest BCUT2D eigenvalue weighted by atomic mass is 9.58. The molecule has 2 nitrogen and oxygen atoms in total. The van der Waals surface area contributed by atoms with Crippen LogP contribution in [0.3, 0.4) is 0 Å². The number of Topliss-reactive ketones (excluding diaryl/α,β-unsaturated/α-hetero) is 1. The average molecular weight is 220 g/mol. The molecule has 0 bridgehead atoms. The zero-order chi connectivity index (χ0) is 11.9. The lowest BCUT2D eigenvalue weighted by Crippen LogP contribution is -2.39. The molecule has 0 heterocycles. The molecule has 2 aliphatic rings. The van der Waals surface area contributed by atoms with Crippen LogP contribution in [0, 0.1) is 17.3 Å². The summed E-state index contributed by atoms with van der Waals surface area (Å²) in [7, 11) is 0. The molecule has 2 heteroatoms. The van der Waals surface area contributed by atoms with E-state index in [0.29, 0.717) is 18.1 Å². The van der Waals surface area contributed by atoms with Crippen molar-refractivity contribution in [3.63, 3.8) is 0 Å². The molecule has 0 N–H and O–H groups in total. The Morgan fingerprint density at radius 2 is 2.19 bits per heavy atom. The Labute approximate surface area is 97.1 Å². The van der Waals surface area contributed by atoms with E-state index in [1.165, 1.54) is 5.57 Å². The van der Waals surface area contributed by atoms with Crippen LogP contribution in [0.2, 0.25) is 0 Å². The van der Waals surface area contributed by atoms with Crippen molar-refractivity contribution in [3.8, 4) is 0 Å². The van der Waals surface area contributed by atoms with Crippen LogP contribution < -0.4 is 0 Å². The molecule has 0 aromatic heterocycles. The van der Waals surface area contributed by atoms with Crippen LogP contribution in [-0.2, 0) is 9.59 Å². The standard InChI is InChI=1S/C14H20O2/c1-9-6-13(16)7-12-5-4-11(10(2)15)8-14(9,12)3/h7,9,11H,4-6,8H2,1-3H3/t9-,11-,14+/m1/s1. The number of ketones is 2. The van der Waals surface area contributed by atoms with E-state index in [0.717, 1.165) is 19.3 Å². The fourth-order valence-electron chi connectivity index (χ4n) is 3.24. The molecule has 1 fully saturated rings. The van der Waals surface area contributed by atoms with Crippen LogP contribution in [0.1, 0.15) is 46.5 Å². The van der Waals surface area contributed by atoms with Gasteiger partial charge in [0.2, 0.25) is 0 Å². The van der Waals surface area contributed by atoms with Gasteiger partial charge in [-0.05, 0) is 43.6 Å². The number of carbonyl (C=O) groups is 2. The highest BCUT2D eigenvalue weighted by Gasteiger charge is 2.44. The van der Waals surface area contributed by atoms with Crippen LogP contribution in [0.5, 0.6) is 0 Å². The van der Waals surface area contributed by atoms with E-state index in [-0.39, 0.29) is 17.1 Å². The van der Waals surface area contributed by atoms with Gasteiger partial charge < -0.3 is 0 Å². The van der Waals surface area contributed by atoms with Crippen molar-refractivity contribution in [2.24, 2.45) is 17.3 Å². The zero-order valence-corrected chi connectivity index (χ0v) is 10.4. The minimum atomic E-state index is 0.0858. The molecule has 0 aromatic rings. The van der Waals surface area contributed by atoms with Crippen molar-refractivity contribution >= 4 is 11.6 Å². The van der Waals surface area contributed by atoms with Crippen molar-refractivity contribution in [1.29, 1.82) is 0 Å². The molecule has 0 radical (unpaired) electrons. The molecule has 0 saturated heterocycles. The van der Waals surface area contributed by atoms with Crippen molar-refractivity contribution in [2.75, 3.05) is 0 Å². The van der Waals surface area contributed by atoms with Crippen molar-refractivity contribution in [3.05, 3.63) is 11.6 Å². The molecule has 88 valence electrons. The normalized spacial score (nSPS) is 38.9. The van der Waals surface area contributed by atoms with E-state index in [1.54, 1.807) is 6.92 Å². The Morgan fingerprint density at radius 1 is 1.50 bits per heavy atom. The van der Waals surface area contributed by atoms with Gasteiger partial charge in [-0.1, -0.05) is 19.4 Å². The monoisotopic (exact) mass is 220 g/mol. The van der Waals surface area contributed by atoms with Crippen LogP contribution in [0.25, 0.3) is 0 Å². The Balaban J connectivity index is 2.30. The molecule has 0 spiro atoms. The van der Waals surface area contributed by atoms with Crippen LogP contribution >= 0.6 is 0 Å². The second-order valence-electron chi connectivity index (χ2n) is 5.71. The number of fused-ring (bicyclic) bond motifs is 1. The third-order valence-corrected chi connectivity index (χ3v) is 4.67. The zero-order valence-electron chi connectivity index (χ0n) is 10.4. The number of hydrogen-bond donors (Lipinski definition) is 0. The summed E-state index contributed by atoms with van der Waals surface area (Å²) in [4.78, 5) is 23.0. The van der Waals surface area contributed by atoms with Gasteiger partial charge in [0.15, 0.2) is 5.78 Å². The maximum Gasteiger partial charge on any atom is 0.155 e. The third-order valence-electron chi connectivity index (χ3n) is 4.67. The second kappa shape index (κ2) is 3.83. The first-order valence-electron chi connectivity index (χ1n) is 6.18. The smallest absolute Gasteiger partial charge is 0.155 e. The summed E-state index contributed by atoms with van der Waals surface area (Å²) < 4.78 is 0. The van der Waals surface area contributed by atoms with Gasteiger partial charge in [0.25, 0.3) is 0 Å². The minimum absolute atomic E-state index is 0.0858. The maximum absolute atomic E-state index is 11.5. The molecule has 16 heavy (non-hydrogen) atoms. The number of carbonyl (C=O) groups excluding carboxylic acids is 2. The Bertz CT molecular complexity index is 367. The molecule has 0 aromatic carbocycles. The molecule has 0 aliphatic heterocycles. The Hall–Kier alpha value is -0.920. The molecular formula is C14H20O2. The predicted molar refractivity (Wildman–Crippen MR) is 63.0 cm³/mol. The maximum atomic E-state index is 11.5. The quantitative estimate of drug-likeness (QED) is 0.681. The Morgan fingerprint density at radius 3 is 2.81 bits per heavy atom. The summed E-state index contributed by atoms with van der Waals surface area (Å²) in [5, 5.41) is 0. The molecule has 1 saturated carbocycles. The number of rotatable bonds is 1. The van der Waals surface area contributed by atoms with Gasteiger partial charge in [0.1, 0.15) is 5.78 Å². The topological polar surface area (TPSA) is 34.1 Å². The highest BCUT2D eigenvalue weighted by Crippen LogP contribution is 2.51. The predicted octanol–water partition coefficient (Wildman–Crippen LogP) is 2.92. The average Bonchev–Trinajstić information content (AvgIpc) is 2.19. The summed E-state index contributed by atoms with van der Waals surface area (Å²) in [5.74, 6) is 1.16. The highest BCUT2D eigenvalue weighted by atomic mass is 16.1. The van der Waals surface area contributed by atoms with Crippen LogP contribution in [0.4, 0.5) is 0 Å². The molecular weight excluding hydrogens is 200 g/mol. The summed E-state index contributed by atoms with van der Waals surface area (Å²) in [5.41, 5.74) is 1.37. The fourth-order valence-corrected chi connectivity index (χ4v) is 3.24. The molecule has 2 aliphatic carbocycles. The van der Waals surface area contributed by atoms with Gasteiger partial charge in [0.05, 0.1) is 0 Å². The summed E-state index contributed by atoms with van der Waals surface area (Å²) >= 11 is 0. The van der Waals surface area contributed by atoms with E-state index in [4.69, 9.17) is 0 Å². The lowest BCUT2D eigenvalue weighted by molar-refractivity contribution is -0.123. The first-order chi connectivity index (χ1) is 7.43. The SMILES string of the molecule is CC(=O)[C@@H]1CCC2=CC(=O)C[C@@H](C)[C@]2(C)C1. The summed E-state index contributed by atoms with van der Waals surface area (Å²) in [6.07, 6.45) is 5.27. The van der Waals surface area contributed by atoms with E-state index in [2.05, 4.69) is 13.8 Å². The Kier molecular flexibility index (Phi) is 2.77. The number of allylic oxidation sites excluding steroid dienone is 2. The van der Waals surface area contributed by atoms with Crippen molar-refractivity contribution < 1.29 is 9.59 Å². The minimum Gasteiger partial charge on any atom is -0.300 e. The summed E-state index contributed by atoms with van der Waals surface area (Å²) in [6, 6.07) is 0. The number of hydrogen-bond acceptors (Lipinski definition) is 2. The molecule has 0 unspecified atom stereocenters. The fraction of sp³-hybridized carbons (Fsp3) is 0.714. The second-order valence-corrected chi connectivity index (χ2v) is 5.71. The van der Waals surface area contributed by atoms with Crippen LogP contribution in [-0.4, -0.2) is 11.6 Å². The van der Waals surface area contributed by atoms with E-state index < -0.39 is 0 Å². The van der Waals surface area contributed by atoms with Crippen LogP contribution in [0.15, 0.2) is 11.6 Å². The first kappa shape index (κ1) is 11.6. The van der Waals surface area contributed by atoms with Crippen molar-refractivity contribution in [1.82, 2.24) is 0 Å². The van der Waals surface area contributed by atoms with Gasteiger partial charge in [0, 0.05) is 12.3 Å².